The first-order chi connectivity index (χ1) is 11.6. The molecule has 2 saturated carbocycles. The summed E-state index contributed by atoms with van der Waals surface area (Å²) in [4.78, 5) is 12.4. The van der Waals surface area contributed by atoms with Crippen molar-refractivity contribution < 1.29 is 19.0 Å². The molecule has 0 aromatic carbocycles. The lowest BCUT2D eigenvalue weighted by molar-refractivity contribution is -0.147. The molecule has 0 amide bonds. The molecule has 4 rings (SSSR count). The minimum Gasteiger partial charge on any atom is -0.462 e. The van der Waals surface area contributed by atoms with Gasteiger partial charge < -0.3 is 19.5 Å². The maximum Gasteiger partial charge on any atom is 0.310 e. The van der Waals surface area contributed by atoms with Gasteiger partial charge in [-0.2, -0.15) is 0 Å². The van der Waals surface area contributed by atoms with Gasteiger partial charge in [-0.25, -0.2) is 0 Å². The summed E-state index contributed by atoms with van der Waals surface area (Å²) in [6.45, 7) is 5.72. The molecule has 5 heteroatoms. The van der Waals surface area contributed by atoms with Gasteiger partial charge in [0.25, 0.3) is 0 Å². The number of rotatable bonds is 6. The summed E-state index contributed by atoms with van der Waals surface area (Å²) < 4.78 is 16.8. The summed E-state index contributed by atoms with van der Waals surface area (Å²) in [6.07, 6.45) is 6.94. The van der Waals surface area contributed by atoms with Crippen LogP contribution >= 0.6 is 0 Å². The van der Waals surface area contributed by atoms with E-state index in [1.165, 1.54) is 19.3 Å². The SMILES string of the molecule is COCCCNCC1C(=O)O[C@@H]2C[C@@]3(C)CCC[C@]4(CO4)C3C[C@H]12. The summed E-state index contributed by atoms with van der Waals surface area (Å²) in [5, 5.41) is 3.43. The highest BCUT2D eigenvalue weighted by atomic mass is 16.6. The molecular weight excluding hydrogens is 306 g/mol. The summed E-state index contributed by atoms with van der Waals surface area (Å²) in [7, 11) is 1.72. The molecule has 2 unspecified atom stereocenters. The van der Waals surface area contributed by atoms with E-state index in [4.69, 9.17) is 14.2 Å². The Kier molecular flexibility index (Phi) is 4.38. The molecule has 24 heavy (non-hydrogen) atoms. The van der Waals surface area contributed by atoms with Crippen molar-refractivity contribution in [1.82, 2.24) is 5.32 Å². The number of hydrogen-bond donors (Lipinski definition) is 1. The fourth-order valence-corrected chi connectivity index (χ4v) is 5.79. The highest BCUT2D eigenvalue weighted by molar-refractivity contribution is 5.75. The topological polar surface area (TPSA) is 60.1 Å². The fraction of sp³-hybridized carbons (Fsp3) is 0.947. The number of carbonyl (C=O) groups is 1. The van der Waals surface area contributed by atoms with Gasteiger partial charge in [0.05, 0.1) is 18.1 Å². The van der Waals surface area contributed by atoms with Crippen LogP contribution in [0.5, 0.6) is 0 Å². The van der Waals surface area contributed by atoms with Gasteiger partial charge in [0.1, 0.15) is 6.10 Å². The normalized spacial score (nSPS) is 46.5. The lowest BCUT2D eigenvalue weighted by atomic mass is 9.53. The van der Waals surface area contributed by atoms with Gasteiger partial charge in [-0.3, -0.25) is 4.79 Å². The molecule has 1 N–H and O–H groups in total. The molecule has 0 aromatic heterocycles. The van der Waals surface area contributed by atoms with Crippen LogP contribution in [0.1, 0.15) is 45.4 Å². The third kappa shape index (κ3) is 2.78. The molecule has 0 radical (unpaired) electrons. The van der Waals surface area contributed by atoms with Crippen molar-refractivity contribution in [2.24, 2.45) is 23.2 Å². The minimum absolute atomic E-state index is 0.0113. The van der Waals surface area contributed by atoms with E-state index in [1.54, 1.807) is 7.11 Å². The fourth-order valence-electron chi connectivity index (χ4n) is 5.79. The highest BCUT2D eigenvalue weighted by Crippen LogP contribution is 2.62. The van der Waals surface area contributed by atoms with E-state index in [2.05, 4.69) is 12.2 Å². The van der Waals surface area contributed by atoms with Crippen LogP contribution in [0.25, 0.3) is 0 Å². The van der Waals surface area contributed by atoms with E-state index in [1.807, 2.05) is 0 Å². The second kappa shape index (κ2) is 6.26. The summed E-state index contributed by atoms with van der Waals surface area (Å²) >= 11 is 0. The Bertz CT molecular complexity index is 492. The molecule has 2 aliphatic carbocycles. The standard InChI is InChI=1S/C19H31NO4/c1-18-5-3-6-19(12-23-19)16(18)9-13-14(11-20-7-4-8-22-2)17(21)24-15(13)10-18/h13-16,20H,3-12H2,1-2H3/t13-,14?,15-,16?,18-,19+/m1/s1. The van der Waals surface area contributed by atoms with Gasteiger partial charge in [-0.05, 0) is 56.4 Å². The van der Waals surface area contributed by atoms with E-state index >= 15 is 0 Å². The van der Waals surface area contributed by atoms with Crippen LogP contribution in [-0.2, 0) is 19.0 Å². The smallest absolute Gasteiger partial charge is 0.310 e. The maximum atomic E-state index is 12.4. The molecule has 2 heterocycles. The van der Waals surface area contributed by atoms with Crippen molar-refractivity contribution in [3.8, 4) is 0 Å². The van der Waals surface area contributed by atoms with Gasteiger partial charge in [0, 0.05) is 26.2 Å². The van der Waals surface area contributed by atoms with Crippen molar-refractivity contribution in [2.75, 3.05) is 33.4 Å². The quantitative estimate of drug-likeness (QED) is 0.457. The molecule has 2 saturated heterocycles. The first kappa shape index (κ1) is 16.8. The Morgan fingerprint density at radius 2 is 2.21 bits per heavy atom. The molecule has 6 atom stereocenters. The van der Waals surface area contributed by atoms with Crippen molar-refractivity contribution in [1.29, 1.82) is 0 Å². The van der Waals surface area contributed by atoms with E-state index in [9.17, 15) is 4.79 Å². The van der Waals surface area contributed by atoms with Gasteiger partial charge in [0.2, 0.25) is 0 Å². The van der Waals surface area contributed by atoms with Crippen molar-refractivity contribution in [3.05, 3.63) is 0 Å². The number of fused-ring (bicyclic) bond motifs is 3. The lowest BCUT2D eigenvalue weighted by Crippen LogP contribution is -2.51. The average Bonchev–Trinajstić information content (AvgIpc) is 3.24. The molecule has 4 fully saturated rings. The van der Waals surface area contributed by atoms with Crippen LogP contribution in [0.15, 0.2) is 0 Å². The Morgan fingerprint density at radius 1 is 1.38 bits per heavy atom. The Morgan fingerprint density at radius 3 is 2.96 bits per heavy atom. The molecule has 4 aliphatic rings. The van der Waals surface area contributed by atoms with Gasteiger partial charge in [-0.1, -0.05) is 6.92 Å². The monoisotopic (exact) mass is 337 g/mol. The van der Waals surface area contributed by atoms with Crippen LogP contribution in [0.3, 0.4) is 0 Å². The number of methoxy groups -OCH3 is 1. The molecule has 0 bridgehead atoms. The van der Waals surface area contributed by atoms with Gasteiger partial charge in [-0.15, -0.1) is 0 Å². The van der Waals surface area contributed by atoms with Crippen LogP contribution < -0.4 is 5.32 Å². The van der Waals surface area contributed by atoms with Crippen LogP contribution in [0, 0.1) is 23.2 Å². The number of esters is 1. The van der Waals surface area contributed by atoms with E-state index in [0.29, 0.717) is 11.8 Å². The van der Waals surface area contributed by atoms with Gasteiger partial charge >= 0.3 is 5.97 Å². The first-order valence-electron chi connectivity index (χ1n) is 9.62. The molecule has 1 spiro atoms. The van der Waals surface area contributed by atoms with E-state index < -0.39 is 0 Å². The zero-order valence-corrected chi connectivity index (χ0v) is 15.0. The second-order valence-electron chi connectivity index (χ2n) is 8.65. The Hall–Kier alpha value is -0.650. The van der Waals surface area contributed by atoms with Crippen LogP contribution in [0.2, 0.25) is 0 Å². The maximum absolute atomic E-state index is 12.4. The molecule has 2 aliphatic heterocycles. The lowest BCUT2D eigenvalue weighted by Gasteiger charge is -2.51. The third-order valence-corrected chi connectivity index (χ3v) is 7.15. The van der Waals surface area contributed by atoms with Crippen LogP contribution in [-0.4, -0.2) is 51.1 Å². The first-order valence-corrected chi connectivity index (χ1v) is 9.62. The summed E-state index contributed by atoms with van der Waals surface area (Å²) in [6, 6.07) is 0. The predicted octanol–water partition coefficient (Wildman–Crippen LogP) is 2.14. The number of ether oxygens (including phenoxy) is 3. The summed E-state index contributed by atoms with van der Waals surface area (Å²) in [5.41, 5.74) is 0.428. The predicted molar refractivity (Wildman–Crippen MR) is 89.6 cm³/mol. The highest BCUT2D eigenvalue weighted by Gasteiger charge is 2.64. The zero-order valence-electron chi connectivity index (χ0n) is 15.0. The van der Waals surface area contributed by atoms with Crippen LogP contribution in [0.4, 0.5) is 0 Å². The van der Waals surface area contributed by atoms with E-state index in [0.717, 1.165) is 45.6 Å². The average molecular weight is 337 g/mol. The molecule has 0 aromatic rings. The minimum atomic E-state index is 0.0113. The Labute approximate surface area is 144 Å². The zero-order chi connectivity index (χ0) is 16.8. The molecule has 5 nitrogen and oxygen atoms in total. The number of epoxide rings is 1. The number of nitrogens with one attached hydrogen (secondary N) is 1. The molecular formula is C19H31NO4. The second-order valence-corrected chi connectivity index (χ2v) is 8.65. The van der Waals surface area contributed by atoms with Gasteiger partial charge in [0.15, 0.2) is 0 Å². The molecule has 136 valence electrons. The Balaban J connectivity index is 1.42. The van der Waals surface area contributed by atoms with Crippen molar-refractivity contribution >= 4 is 5.97 Å². The van der Waals surface area contributed by atoms with E-state index in [-0.39, 0.29) is 29.0 Å². The number of carbonyl (C=O) groups excluding carboxylic acids is 1. The van der Waals surface area contributed by atoms with Crippen molar-refractivity contribution in [3.63, 3.8) is 0 Å². The third-order valence-electron chi connectivity index (χ3n) is 7.15. The van der Waals surface area contributed by atoms with Crippen molar-refractivity contribution in [2.45, 2.75) is 57.2 Å². The number of hydrogen-bond acceptors (Lipinski definition) is 5. The largest absolute Gasteiger partial charge is 0.462 e. The summed E-state index contributed by atoms with van der Waals surface area (Å²) in [5.74, 6) is 0.993.